The number of aliphatic hydroxyl groups is 1. The van der Waals surface area contributed by atoms with Gasteiger partial charge >= 0.3 is 0 Å². The van der Waals surface area contributed by atoms with Crippen LogP contribution in [0.25, 0.3) is 22.9 Å². The van der Waals surface area contributed by atoms with Crippen molar-refractivity contribution >= 4 is 22.9 Å². The van der Waals surface area contributed by atoms with Gasteiger partial charge in [0.05, 0.1) is 11.0 Å². The van der Waals surface area contributed by atoms with Gasteiger partial charge in [0.15, 0.2) is 0 Å². The molecule has 3 rings (SSSR count). The maximum Gasteiger partial charge on any atom is 0.274 e. The number of nitrogens with zero attached hydrogens (tertiary/aromatic N) is 1. The number of hydrogen-bond donors (Lipinski definition) is 2. The average Bonchev–Trinajstić information content (AvgIpc) is 2.49. The van der Waals surface area contributed by atoms with Gasteiger partial charge in [-0.15, -0.1) is 0 Å². The van der Waals surface area contributed by atoms with E-state index in [1.807, 2.05) is 36.4 Å². The molecule has 0 bridgehead atoms. The van der Waals surface area contributed by atoms with Crippen LogP contribution < -0.4 is 5.56 Å². The predicted molar refractivity (Wildman–Crippen MR) is 79.3 cm³/mol. The average molecular weight is 264 g/mol. The lowest BCUT2D eigenvalue weighted by Crippen LogP contribution is -2.12. The van der Waals surface area contributed by atoms with Crippen LogP contribution in [0.2, 0.25) is 0 Å². The lowest BCUT2D eigenvalue weighted by atomic mass is 10.1. The van der Waals surface area contributed by atoms with E-state index in [0.717, 1.165) is 0 Å². The fourth-order valence-corrected chi connectivity index (χ4v) is 1.96. The molecule has 20 heavy (non-hydrogen) atoms. The topological polar surface area (TPSA) is 66.0 Å². The minimum Gasteiger partial charge on any atom is -0.507 e. The lowest BCUT2D eigenvalue weighted by molar-refractivity contribution is 0.515. The fraction of sp³-hybridized carbons (Fsp3) is 0. The molecule has 0 amide bonds. The zero-order valence-corrected chi connectivity index (χ0v) is 10.6. The summed E-state index contributed by atoms with van der Waals surface area (Å²) < 4.78 is 0. The van der Waals surface area contributed by atoms with Crippen molar-refractivity contribution in [2.75, 3.05) is 0 Å². The molecule has 0 aliphatic carbocycles. The number of aliphatic hydroxyl groups excluding tert-OH is 1. The first-order valence-electron chi connectivity index (χ1n) is 6.19. The molecule has 2 N–H and O–H groups in total. The largest absolute Gasteiger partial charge is 0.507 e. The van der Waals surface area contributed by atoms with Crippen LogP contribution in [0.1, 0.15) is 11.3 Å². The quantitative estimate of drug-likeness (QED) is 0.699. The normalized spacial score (nSPS) is 11.7. The number of para-hydroxylation sites is 2. The Hall–Kier alpha value is -2.88. The maximum atomic E-state index is 11.9. The molecule has 98 valence electrons. The standard InChI is InChI=1S/C16H12N2O2/c19-15(11-6-2-1-3-7-11)10-14-16(20)18-13-9-5-4-8-12(13)17-14/h1-10,19H,(H,18,20)/b15-10-. The smallest absolute Gasteiger partial charge is 0.274 e. The highest BCUT2D eigenvalue weighted by atomic mass is 16.3. The second-order valence-corrected chi connectivity index (χ2v) is 4.36. The molecule has 1 heterocycles. The van der Waals surface area contributed by atoms with Crippen LogP contribution in [0.15, 0.2) is 59.4 Å². The van der Waals surface area contributed by atoms with Gasteiger partial charge in [-0.1, -0.05) is 42.5 Å². The Bertz CT molecular complexity index is 836. The molecule has 4 heteroatoms. The molecule has 0 atom stereocenters. The second kappa shape index (κ2) is 5.01. The third-order valence-electron chi connectivity index (χ3n) is 2.97. The number of hydrogen-bond acceptors (Lipinski definition) is 3. The van der Waals surface area contributed by atoms with Crippen molar-refractivity contribution in [1.29, 1.82) is 0 Å². The molecular formula is C16H12N2O2. The second-order valence-electron chi connectivity index (χ2n) is 4.36. The zero-order chi connectivity index (χ0) is 13.9. The van der Waals surface area contributed by atoms with Crippen LogP contribution in [-0.2, 0) is 0 Å². The third kappa shape index (κ3) is 2.31. The summed E-state index contributed by atoms with van der Waals surface area (Å²) in [5.74, 6) is 0.0129. The van der Waals surface area contributed by atoms with Crippen molar-refractivity contribution in [3.05, 3.63) is 76.2 Å². The summed E-state index contributed by atoms with van der Waals surface area (Å²) >= 11 is 0. The summed E-state index contributed by atoms with van der Waals surface area (Å²) in [5, 5.41) is 10.0. The van der Waals surface area contributed by atoms with Crippen molar-refractivity contribution in [3.63, 3.8) is 0 Å². The van der Waals surface area contributed by atoms with E-state index in [1.165, 1.54) is 6.08 Å². The van der Waals surface area contributed by atoms with Crippen molar-refractivity contribution in [3.8, 4) is 0 Å². The molecule has 0 saturated carbocycles. The van der Waals surface area contributed by atoms with E-state index in [-0.39, 0.29) is 17.0 Å². The van der Waals surface area contributed by atoms with E-state index < -0.39 is 0 Å². The van der Waals surface area contributed by atoms with Gasteiger partial charge in [0.2, 0.25) is 0 Å². The Labute approximate surface area is 115 Å². The molecule has 2 aromatic carbocycles. The van der Waals surface area contributed by atoms with E-state index >= 15 is 0 Å². The first-order chi connectivity index (χ1) is 9.74. The molecule has 4 nitrogen and oxygen atoms in total. The molecule has 3 aromatic rings. The summed E-state index contributed by atoms with van der Waals surface area (Å²) in [6.07, 6.45) is 1.38. The van der Waals surface area contributed by atoms with Crippen molar-refractivity contribution < 1.29 is 5.11 Å². The SMILES string of the molecule is O=c1[nH]c2ccccc2nc1/C=C(\O)c1ccccc1. The Kier molecular flexibility index (Phi) is 3.05. The Balaban J connectivity index is 2.11. The van der Waals surface area contributed by atoms with Crippen molar-refractivity contribution in [2.24, 2.45) is 0 Å². The molecule has 0 unspecified atom stereocenters. The monoisotopic (exact) mass is 264 g/mol. The van der Waals surface area contributed by atoms with E-state index in [1.54, 1.807) is 18.2 Å². The minimum atomic E-state index is -0.328. The third-order valence-corrected chi connectivity index (χ3v) is 2.97. The molecule has 0 fully saturated rings. The number of aromatic amines is 1. The van der Waals surface area contributed by atoms with Gasteiger partial charge in [0, 0.05) is 11.6 Å². The van der Waals surface area contributed by atoms with E-state index in [4.69, 9.17) is 0 Å². The number of aromatic nitrogens is 2. The highest BCUT2D eigenvalue weighted by Gasteiger charge is 2.04. The summed E-state index contributed by atoms with van der Waals surface area (Å²) in [4.78, 5) is 18.9. The van der Waals surface area contributed by atoms with Gasteiger partial charge in [-0.2, -0.15) is 0 Å². The van der Waals surface area contributed by atoms with E-state index in [2.05, 4.69) is 9.97 Å². The first kappa shape index (κ1) is 12.2. The van der Waals surface area contributed by atoms with Crippen LogP contribution in [0.3, 0.4) is 0 Å². The van der Waals surface area contributed by atoms with Crippen molar-refractivity contribution in [1.82, 2.24) is 9.97 Å². The van der Waals surface area contributed by atoms with Crippen LogP contribution in [0.5, 0.6) is 0 Å². The van der Waals surface area contributed by atoms with Gasteiger partial charge in [-0.3, -0.25) is 4.79 Å². The molecule has 0 aliphatic heterocycles. The molecule has 1 aromatic heterocycles. The minimum absolute atomic E-state index is 0.0129. The zero-order valence-electron chi connectivity index (χ0n) is 10.6. The maximum absolute atomic E-state index is 11.9. The molecular weight excluding hydrogens is 252 g/mol. The van der Waals surface area contributed by atoms with Gasteiger partial charge in [0.1, 0.15) is 11.5 Å². The van der Waals surface area contributed by atoms with Crippen LogP contribution >= 0.6 is 0 Å². The molecule has 0 aliphatic rings. The predicted octanol–water partition coefficient (Wildman–Crippen LogP) is 2.98. The van der Waals surface area contributed by atoms with Crippen molar-refractivity contribution in [2.45, 2.75) is 0 Å². The van der Waals surface area contributed by atoms with Gasteiger partial charge in [-0.05, 0) is 12.1 Å². The number of H-pyrrole nitrogens is 1. The number of nitrogens with one attached hydrogen (secondary N) is 1. The first-order valence-corrected chi connectivity index (χ1v) is 6.19. The molecule has 0 radical (unpaired) electrons. The summed E-state index contributed by atoms with van der Waals surface area (Å²) in [6.45, 7) is 0. The fourth-order valence-electron chi connectivity index (χ4n) is 1.96. The highest BCUT2D eigenvalue weighted by Crippen LogP contribution is 2.13. The van der Waals surface area contributed by atoms with Crippen LogP contribution in [-0.4, -0.2) is 15.1 Å². The highest BCUT2D eigenvalue weighted by molar-refractivity contribution is 5.79. The van der Waals surface area contributed by atoms with Crippen LogP contribution in [0, 0.1) is 0 Å². The summed E-state index contributed by atoms with van der Waals surface area (Å²) in [5.41, 5.74) is 1.85. The van der Waals surface area contributed by atoms with E-state index in [0.29, 0.717) is 16.6 Å². The van der Waals surface area contributed by atoms with E-state index in [9.17, 15) is 9.90 Å². The lowest BCUT2D eigenvalue weighted by Gasteiger charge is -2.01. The Morgan fingerprint density at radius 2 is 1.75 bits per heavy atom. The Morgan fingerprint density at radius 3 is 2.55 bits per heavy atom. The Morgan fingerprint density at radius 1 is 1.05 bits per heavy atom. The summed E-state index contributed by atoms with van der Waals surface area (Å²) in [6, 6.07) is 16.3. The number of rotatable bonds is 2. The number of fused-ring (bicyclic) bond motifs is 1. The van der Waals surface area contributed by atoms with Gasteiger partial charge in [0.25, 0.3) is 5.56 Å². The van der Waals surface area contributed by atoms with Gasteiger partial charge < -0.3 is 10.1 Å². The van der Waals surface area contributed by atoms with Crippen LogP contribution in [0.4, 0.5) is 0 Å². The van der Waals surface area contributed by atoms with Gasteiger partial charge in [-0.25, -0.2) is 4.98 Å². The molecule has 0 saturated heterocycles. The summed E-state index contributed by atoms with van der Waals surface area (Å²) in [7, 11) is 0. The molecule has 0 spiro atoms. The number of benzene rings is 2.